The predicted octanol–water partition coefficient (Wildman–Crippen LogP) is 0.662. The zero-order valence-electron chi connectivity index (χ0n) is 9.50. The third kappa shape index (κ3) is 4.48. The molecule has 15 heavy (non-hydrogen) atoms. The number of ether oxygens (including phenoxy) is 2. The molecule has 5 heteroatoms. The molecule has 1 aliphatic heterocycles. The minimum Gasteiger partial charge on any atom is -0.444 e. The van der Waals surface area contributed by atoms with Gasteiger partial charge in [-0.05, 0) is 27.2 Å². The van der Waals surface area contributed by atoms with Crippen LogP contribution in [0.2, 0.25) is 0 Å². The fraction of sp³-hybridized carbons (Fsp3) is 0.900. The monoisotopic (exact) mass is 217 g/mol. The lowest BCUT2D eigenvalue weighted by Gasteiger charge is -2.36. The molecular weight excluding hydrogens is 198 g/mol. The number of hydrogen-bond acceptors (Lipinski definition) is 4. The van der Waals surface area contributed by atoms with Crippen molar-refractivity contribution in [1.29, 1.82) is 0 Å². The van der Waals surface area contributed by atoms with Crippen LogP contribution in [-0.4, -0.2) is 42.2 Å². The van der Waals surface area contributed by atoms with Gasteiger partial charge in [0, 0.05) is 6.54 Å². The Bertz CT molecular complexity index is 230. The highest BCUT2D eigenvalue weighted by Gasteiger charge is 2.35. The van der Waals surface area contributed by atoms with E-state index in [1.807, 2.05) is 0 Å². The van der Waals surface area contributed by atoms with Gasteiger partial charge >= 0.3 is 6.09 Å². The fourth-order valence-corrected chi connectivity index (χ4v) is 1.19. The van der Waals surface area contributed by atoms with E-state index in [4.69, 9.17) is 9.47 Å². The number of hydrogen-bond donors (Lipinski definition) is 2. The van der Waals surface area contributed by atoms with Crippen molar-refractivity contribution in [3.05, 3.63) is 0 Å². The van der Waals surface area contributed by atoms with E-state index in [1.54, 1.807) is 20.8 Å². The summed E-state index contributed by atoms with van der Waals surface area (Å²) in [6.45, 7) is 6.51. The number of rotatable bonds is 3. The summed E-state index contributed by atoms with van der Waals surface area (Å²) in [5.41, 5.74) is -1.24. The summed E-state index contributed by atoms with van der Waals surface area (Å²) >= 11 is 0. The Balaban J connectivity index is 2.12. The number of nitrogens with one attached hydrogen (secondary N) is 1. The van der Waals surface area contributed by atoms with Crippen LogP contribution >= 0.6 is 0 Å². The summed E-state index contributed by atoms with van der Waals surface area (Å²) in [6, 6.07) is 0. The van der Waals surface area contributed by atoms with Gasteiger partial charge in [-0.2, -0.15) is 0 Å². The van der Waals surface area contributed by atoms with Gasteiger partial charge in [0.25, 0.3) is 0 Å². The highest BCUT2D eigenvalue weighted by atomic mass is 16.6. The van der Waals surface area contributed by atoms with Crippen LogP contribution in [0, 0.1) is 0 Å². The molecule has 1 fully saturated rings. The number of carbonyl (C=O) groups excluding carboxylic acids is 1. The molecule has 2 N–H and O–H groups in total. The maximum Gasteiger partial charge on any atom is 0.407 e. The molecule has 1 heterocycles. The van der Waals surface area contributed by atoms with Crippen LogP contribution in [-0.2, 0) is 9.47 Å². The standard InChI is InChI=1S/C10H19NO4/c1-9(2,3)15-8(12)11-5-4-10(13)6-14-7-10/h13H,4-7H2,1-3H3,(H,11,12). The van der Waals surface area contributed by atoms with Crippen molar-refractivity contribution in [2.75, 3.05) is 19.8 Å². The molecule has 0 aromatic carbocycles. The van der Waals surface area contributed by atoms with Gasteiger partial charge in [0.15, 0.2) is 0 Å². The second kappa shape index (κ2) is 4.37. The fourth-order valence-electron chi connectivity index (χ4n) is 1.19. The smallest absolute Gasteiger partial charge is 0.407 e. The molecule has 0 saturated carbocycles. The average molecular weight is 217 g/mol. The normalized spacial score (nSPS) is 19.2. The van der Waals surface area contributed by atoms with E-state index in [2.05, 4.69) is 5.32 Å². The summed E-state index contributed by atoms with van der Waals surface area (Å²) in [5.74, 6) is 0. The predicted molar refractivity (Wildman–Crippen MR) is 54.6 cm³/mol. The van der Waals surface area contributed by atoms with Gasteiger partial charge < -0.3 is 19.9 Å². The van der Waals surface area contributed by atoms with Crippen LogP contribution in [0.3, 0.4) is 0 Å². The molecular formula is C10H19NO4. The van der Waals surface area contributed by atoms with Crippen molar-refractivity contribution in [1.82, 2.24) is 5.32 Å². The van der Waals surface area contributed by atoms with E-state index in [-0.39, 0.29) is 0 Å². The highest BCUT2D eigenvalue weighted by molar-refractivity contribution is 5.67. The van der Waals surface area contributed by atoms with Gasteiger partial charge in [0.1, 0.15) is 11.2 Å². The first-order valence-electron chi connectivity index (χ1n) is 5.08. The molecule has 0 aliphatic carbocycles. The van der Waals surface area contributed by atoms with Crippen molar-refractivity contribution < 1.29 is 19.4 Å². The van der Waals surface area contributed by atoms with E-state index < -0.39 is 17.3 Å². The quantitative estimate of drug-likeness (QED) is 0.728. The van der Waals surface area contributed by atoms with E-state index >= 15 is 0 Å². The van der Waals surface area contributed by atoms with Gasteiger partial charge in [-0.3, -0.25) is 0 Å². The molecule has 0 spiro atoms. The zero-order valence-corrected chi connectivity index (χ0v) is 9.50. The lowest BCUT2D eigenvalue weighted by atomic mass is 9.98. The van der Waals surface area contributed by atoms with Crippen molar-refractivity contribution in [3.8, 4) is 0 Å². The summed E-state index contributed by atoms with van der Waals surface area (Å²) in [5, 5.41) is 12.2. The molecule has 5 nitrogen and oxygen atoms in total. The lowest BCUT2D eigenvalue weighted by molar-refractivity contribution is -0.180. The van der Waals surface area contributed by atoms with Gasteiger partial charge in [0.2, 0.25) is 0 Å². The zero-order chi connectivity index (χ0) is 11.5. The van der Waals surface area contributed by atoms with Crippen molar-refractivity contribution >= 4 is 6.09 Å². The summed E-state index contributed by atoms with van der Waals surface area (Å²) in [6.07, 6.45) is 0.0398. The molecule has 0 atom stereocenters. The van der Waals surface area contributed by atoms with Crippen molar-refractivity contribution in [2.45, 2.75) is 38.4 Å². The third-order valence-corrected chi connectivity index (χ3v) is 2.00. The molecule has 88 valence electrons. The summed E-state index contributed by atoms with van der Waals surface area (Å²) < 4.78 is 9.92. The Hall–Kier alpha value is -0.810. The number of carbonyl (C=O) groups is 1. The molecule has 0 aromatic rings. The maximum absolute atomic E-state index is 11.2. The topological polar surface area (TPSA) is 67.8 Å². The van der Waals surface area contributed by atoms with Crippen LogP contribution in [0.1, 0.15) is 27.2 Å². The molecule has 0 bridgehead atoms. The van der Waals surface area contributed by atoms with Gasteiger partial charge in [-0.1, -0.05) is 0 Å². The molecule has 0 unspecified atom stereocenters. The molecule has 1 rings (SSSR count). The number of alkyl carbamates (subject to hydrolysis) is 1. The number of aliphatic hydroxyl groups is 1. The molecule has 1 aliphatic rings. The largest absolute Gasteiger partial charge is 0.444 e. The Morgan fingerprint density at radius 1 is 1.53 bits per heavy atom. The van der Waals surface area contributed by atoms with Gasteiger partial charge in [0.05, 0.1) is 13.2 Å². The number of amides is 1. The SMILES string of the molecule is CC(C)(C)OC(=O)NCCC1(O)COC1. The summed E-state index contributed by atoms with van der Waals surface area (Å²) in [4.78, 5) is 11.2. The Morgan fingerprint density at radius 3 is 2.53 bits per heavy atom. The first-order valence-corrected chi connectivity index (χ1v) is 5.08. The van der Waals surface area contributed by atoms with Crippen molar-refractivity contribution in [3.63, 3.8) is 0 Å². The van der Waals surface area contributed by atoms with Crippen molar-refractivity contribution in [2.24, 2.45) is 0 Å². The minimum atomic E-state index is -0.755. The van der Waals surface area contributed by atoms with E-state index in [0.717, 1.165) is 0 Å². The van der Waals surface area contributed by atoms with Crippen LogP contribution in [0.5, 0.6) is 0 Å². The molecule has 1 saturated heterocycles. The Morgan fingerprint density at radius 2 is 2.13 bits per heavy atom. The van der Waals surface area contributed by atoms with E-state index in [1.165, 1.54) is 0 Å². The third-order valence-electron chi connectivity index (χ3n) is 2.00. The Kier molecular flexibility index (Phi) is 3.57. The second-order valence-electron chi connectivity index (χ2n) is 4.90. The minimum absolute atomic E-state index is 0.350. The average Bonchev–Trinajstić information content (AvgIpc) is 1.97. The molecule has 0 aromatic heterocycles. The van der Waals surface area contributed by atoms with Crippen LogP contribution in [0.15, 0.2) is 0 Å². The van der Waals surface area contributed by atoms with E-state index in [0.29, 0.717) is 26.2 Å². The highest BCUT2D eigenvalue weighted by Crippen LogP contribution is 2.19. The second-order valence-corrected chi connectivity index (χ2v) is 4.90. The van der Waals surface area contributed by atoms with Crippen LogP contribution < -0.4 is 5.32 Å². The first-order chi connectivity index (χ1) is 6.81. The molecule has 0 radical (unpaired) electrons. The molecule has 1 amide bonds. The maximum atomic E-state index is 11.2. The van der Waals surface area contributed by atoms with Crippen LogP contribution in [0.25, 0.3) is 0 Å². The Labute approximate surface area is 89.8 Å². The van der Waals surface area contributed by atoms with E-state index in [9.17, 15) is 9.90 Å². The van der Waals surface area contributed by atoms with Gasteiger partial charge in [-0.15, -0.1) is 0 Å². The summed E-state index contributed by atoms with van der Waals surface area (Å²) in [7, 11) is 0. The van der Waals surface area contributed by atoms with Gasteiger partial charge in [-0.25, -0.2) is 4.79 Å². The van der Waals surface area contributed by atoms with Crippen LogP contribution in [0.4, 0.5) is 4.79 Å². The lowest BCUT2D eigenvalue weighted by Crippen LogP contribution is -2.51. The first kappa shape index (κ1) is 12.3.